The number of hydrogen-bond donors (Lipinski definition) is 2. The Morgan fingerprint density at radius 1 is 1.39 bits per heavy atom. The monoisotopic (exact) mass is 392 g/mol. The van der Waals surface area contributed by atoms with Crippen LogP contribution in [0.3, 0.4) is 0 Å². The van der Waals surface area contributed by atoms with Gasteiger partial charge in [-0.2, -0.15) is 0 Å². The summed E-state index contributed by atoms with van der Waals surface area (Å²) in [6.07, 6.45) is 4.10. The van der Waals surface area contributed by atoms with Gasteiger partial charge >= 0.3 is 0 Å². The number of carbonyl (C=O) groups is 2. The van der Waals surface area contributed by atoms with Gasteiger partial charge in [0.15, 0.2) is 0 Å². The summed E-state index contributed by atoms with van der Waals surface area (Å²) in [6.45, 7) is 2.17. The molecule has 2 aliphatic heterocycles. The molecule has 0 bridgehead atoms. The fourth-order valence-electron chi connectivity index (χ4n) is 3.99. The Kier molecular flexibility index (Phi) is 6.88. The van der Waals surface area contributed by atoms with Crippen LogP contribution in [0.5, 0.6) is 5.75 Å². The van der Waals surface area contributed by atoms with E-state index in [0.29, 0.717) is 55.9 Å². The van der Waals surface area contributed by atoms with Gasteiger partial charge in [-0.1, -0.05) is 6.07 Å². The molecule has 2 N–H and O–H groups in total. The van der Waals surface area contributed by atoms with Crippen molar-refractivity contribution in [2.75, 3.05) is 26.9 Å². The van der Waals surface area contributed by atoms with Gasteiger partial charge in [-0.25, -0.2) is 4.39 Å². The molecule has 0 radical (unpaired) electrons. The number of carbonyl (C=O) groups excluding carboxylic acids is 2. The van der Waals surface area contributed by atoms with E-state index in [4.69, 9.17) is 9.47 Å². The lowest BCUT2D eigenvalue weighted by Gasteiger charge is -2.30. The lowest BCUT2D eigenvalue weighted by molar-refractivity contribution is -0.123. The van der Waals surface area contributed by atoms with Crippen molar-refractivity contribution in [1.82, 2.24) is 10.6 Å². The van der Waals surface area contributed by atoms with Crippen molar-refractivity contribution < 1.29 is 23.5 Å². The molecule has 2 fully saturated rings. The number of amides is 2. The van der Waals surface area contributed by atoms with Crippen LogP contribution >= 0.6 is 0 Å². The van der Waals surface area contributed by atoms with Crippen LogP contribution in [0.15, 0.2) is 18.2 Å². The first-order valence-corrected chi connectivity index (χ1v) is 9.97. The molecular formula is C21H29FN2O4. The molecule has 1 atom stereocenters. The summed E-state index contributed by atoms with van der Waals surface area (Å²) >= 11 is 0. The van der Waals surface area contributed by atoms with Gasteiger partial charge < -0.3 is 20.1 Å². The predicted molar refractivity (Wildman–Crippen MR) is 103 cm³/mol. The zero-order valence-corrected chi connectivity index (χ0v) is 16.4. The maximum absolute atomic E-state index is 14.4. The summed E-state index contributed by atoms with van der Waals surface area (Å²) in [5.74, 6) is 0.493. The van der Waals surface area contributed by atoms with Crippen LogP contribution in [0, 0.1) is 11.7 Å². The molecule has 154 valence electrons. The van der Waals surface area contributed by atoms with E-state index in [1.807, 2.05) is 0 Å². The maximum Gasteiger partial charge on any atom is 0.220 e. The third-order valence-corrected chi connectivity index (χ3v) is 5.78. The van der Waals surface area contributed by atoms with E-state index in [1.165, 1.54) is 13.2 Å². The summed E-state index contributed by atoms with van der Waals surface area (Å²) < 4.78 is 24.8. The first-order valence-electron chi connectivity index (χ1n) is 9.97. The normalized spacial score (nSPS) is 22.7. The highest BCUT2D eigenvalue weighted by Crippen LogP contribution is 2.31. The molecule has 2 aliphatic rings. The van der Waals surface area contributed by atoms with Crippen LogP contribution in [0.4, 0.5) is 4.39 Å². The quantitative estimate of drug-likeness (QED) is 0.712. The third kappa shape index (κ3) is 5.44. The lowest BCUT2D eigenvalue weighted by atomic mass is 9.84. The molecule has 0 aliphatic carbocycles. The smallest absolute Gasteiger partial charge is 0.220 e. The van der Waals surface area contributed by atoms with Crippen molar-refractivity contribution in [2.24, 2.45) is 5.92 Å². The van der Waals surface area contributed by atoms with E-state index in [9.17, 15) is 14.0 Å². The number of halogens is 1. The molecule has 0 saturated carbocycles. The largest absolute Gasteiger partial charge is 0.497 e. The van der Waals surface area contributed by atoms with Crippen LogP contribution in [0.1, 0.15) is 44.1 Å². The number of ether oxygens (including phenoxy) is 2. The van der Waals surface area contributed by atoms with Gasteiger partial charge in [0, 0.05) is 44.2 Å². The molecule has 2 saturated heterocycles. The maximum atomic E-state index is 14.4. The zero-order chi connectivity index (χ0) is 20.0. The molecule has 1 aromatic rings. The minimum Gasteiger partial charge on any atom is -0.497 e. The Balaban J connectivity index is 1.57. The standard InChI is InChI=1S/C21H29FN2O4/c1-27-17-3-2-16(18(22)12-17)13-21(9-5-20(26)24-21)8-4-19(25)23-14-15-6-10-28-11-7-15/h2-3,12,15H,4-11,13-14H2,1H3,(H,23,25)(H,24,26). The number of benzene rings is 1. The van der Waals surface area contributed by atoms with Crippen molar-refractivity contribution in [2.45, 2.75) is 50.5 Å². The molecule has 7 heteroatoms. The van der Waals surface area contributed by atoms with E-state index < -0.39 is 5.54 Å². The Morgan fingerprint density at radius 2 is 2.18 bits per heavy atom. The highest BCUT2D eigenvalue weighted by atomic mass is 19.1. The van der Waals surface area contributed by atoms with E-state index in [-0.39, 0.29) is 17.6 Å². The molecule has 2 amide bonds. The summed E-state index contributed by atoms with van der Waals surface area (Å²) in [5.41, 5.74) is -0.0617. The first-order chi connectivity index (χ1) is 13.5. The predicted octanol–water partition coefficient (Wildman–Crippen LogP) is 2.35. The third-order valence-electron chi connectivity index (χ3n) is 5.78. The van der Waals surface area contributed by atoms with Crippen LogP contribution in [0.2, 0.25) is 0 Å². The summed E-state index contributed by atoms with van der Waals surface area (Å²) in [5, 5.41) is 6.00. The van der Waals surface area contributed by atoms with Gasteiger partial charge in [0.05, 0.1) is 7.11 Å². The minimum atomic E-state index is -0.581. The average molecular weight is 392 g/mol. The molecule has 0 aromatic heterocycles. The second-order valence-electron chi connectivity index (χ2n) is 7.82. The van der Waals surface area contributed by atoms with Gasteiger partial charge in [0.2, 0.25) is 11.8 Å². The second kappa shape index (κ2) is 9.37. The molecule has 1 unspecified atom stereocenters. The molecule has 2 heterocycles. The van der Waals surface area contributed by atoms with E-state index in [2.05, 4.69) is 10.6 Å². The fourth-order valence-corrected chi connectivity index (χ4v) is 3.99. The molecular weight excluding hydrogens is 363 g/mol. The Labute approximate surface area is 165 Å². The molecule has 6 nitrogen and oxygen atoms in total. The van der Waals surface area contributed by atoms with Crippen LogP contribution in [-0.4, -0.2) is 44.2 Å². The highest BCUT2D eigenvalue weighted by molar-refractivity contribution is 5.80. The molecule has 3 rings (SSSR count). The van der Waals surface area contributed by atoms with Crippen molar-refractivity contribution in [3.8, 4) is 5.75 Å². The van der Waals surface area contributed by atoms with Gasteiger partial charge in [-0.05, 0) is 49.7 Å². The van der Waals surface area contributed by atoms with E-state index in [1.54, 1.807) is 12.1 Å². The zero-order valence-electron chi connectivity index (χ0n) is 16.4. The van der Waals surface area contributed by atoms with Crippen LogP contribution < -0.4 is 15.4 Å². The highest BCUT2D eigenvalue weighted by Gasteiger charge is 2.38. The number of hydrogen-bond acceptors (Lipinski definition) is 4. The van der Waals surface area contributed by atoms with Gasteiger partial charge in [0.25, 0.3) is 0 Å². The number of methoxy groups -OCH3 is 1. The van der Waals surface area contributed by atoms with Gasteiger partial charge in [-0.3, -0.25) is 9.59 Å². The average Bonchev–Trinajstić information content (AvgIpc) is 3.08. The Morgan fingerprint density at radius 3 is 2.82 bits per heavy atom. The fraction of sp³-hybridized carbons (Fsp3) is 0.619. The minimum absolute atomic E-state index is 0.0257. The number of nitrogens with one attached hydrogen (secondary N) is 2. The van der Waals surface area contributed by atoms with Crippen molar-refractivity contribution in [3.05, 3.63) is 29.6 Å². The topological polar surface area (TPSA) is 76.7 Å². The molecule has 0 spiro atoms. The second-order valence-corrected chi connectivity index (χ2v) is 7.82. The van der Waals surface area contributed by atoms with Crippen LogP contribution in [0.25, 0.3) is 0 Å². The Bertz CT molecular complexity index is 706. The van der Waals surface area contributed by atoms with Crippen molar-refractivity contribution >= 4 is 11.8 Å². The molecule has 28 heavy (non-hydrogen) atoms. The Hall–Kier alpha value is -2.15. The van der Waals surface area contributed by atoms with Crippen molar-refractivity contribution in [3.63, 3.8) is 0 Å². The number of rotatable bonds is 8. The lowest BCUT2D eigenvalue weighted by Crippen LogP contribution is -2.45. The molecule has 1 aromatic carbocycles. The van der Waals surface area contributed by atoms with Crippen LogP contribution in [-0.2, 0) is 20.7 Å². The van der Waals surface area contributed by atoms with E-state index >= 15 is 0 Å². The SMILES string of the molecule is COc1ccc(CC2(CCC(=O)NCC3CCOCC3)CCC(=O)N2)c(F)c1. The summed E-state index contributed by atoms with van der Waals surface area (Å²) in [4.78, 5) is 24.2. The first kappa shape index (κ1) is 20.6. The van der Waals surface area contributed by atoms with Gasteiger partial charge in [0.1, 0.15) is 11.6 Å². The van der Waals surface area contributed by atoms with E-state index in [0.717, 1.165) is 26.1 Å². The summed E-state index contributed by atoms with van der Waals surface area (Å²) in [6, 6.07) is 4.75. The summed E-state index contributed by atoms with van der Waals surface area (Å²) in [7, 11) is 1.49. The van der Waals surface area contributed by atoms with Crippen molar-refractivity contribution in [1.29, 1.82) is 0 Å². The van der Waals surface area contributed by atoms with Gasteiger partial charge in [-0.15, -0.1) is 0 Å².